The molecule has 8 heteroatoms. The first kappa shape index (κ1) is 23.1. The minimum Gasteiger partial charge on any atom is -0.493 e. The Hall–Kier alpha value is -2.58. The van der Waals surface area contributed by atoms with Gasteiger partial charge in [-0.15, -0.1) is 0 Å². The van der Waals surface area contributed by atoms with Gasteiger partial charge in [0.1, 0.15) is 5.75 Å². The zero-order valence-corrected chi connectivity index (χ0v) is 20.0. The van der Waals surface area contributed by atoms with Gasteiger partial charge in [-0.05, 0) is 67.6 Å². The van der Waals surface area contributed by atoms with Gasteiger partial charge in [0.25, 0.3) is 5.91 Å². The lowest BCUT2D eigenvalue weighted by Crippen LogP contribution is -2.28. The summed E-state index contributed by atoms with van der Waals surface area (Å²) in [4.78, 5) is 31.6. The lowest BCUT2D eigenvalue weighted by atomic mass is 10.2. The maximum Gasteiger partial charge on any atom is 0.337 e. The Morgan fingerprint density at radius 3 is 2.74 bits per heavy atom. The average molecular weight is 503 g/mol. The lowest BCUT2D eigenvalue weighted by molar-refractivity contribution is -0.122. The minimum atomic E-state index is -0.431. The van der Waals surface area contributed by atoms with Crippen LogP contribution in [0, 0.1) is 0 Å². The Bertz CT molecular complexity index is 1050. The second kappa shape index (κ2) is 10.6. The molecule has 162 valence electrons. The van der Waals surface area contributed by atoms with Crippen molar-refractivity contribution in [3.63, 3.8) is 0 Å². The van der Waals surface area contributed by atoms with Crippen molar-refractivity contribution in [3.8, 4) is 5.75 Å². The minimum absolute atomic E-state index is 0.114. The largest absolute Gasteiger partial charge is 0.493 e. The van der Waals surface area contributed by atoms with E-state index in [-0.39, 0.29) is 5.91 Å². The molecule has 0 atom stereocenters. The molecule has 0 aromatic heterocycles. The van der Waals surface area contributed by atoms with Crippen LogP contribution in [0.25, 0.3) is 6.08 Å². The van der Waals surface area contributed by atoms with Crippen molar-refractivity contribution >= 4 is 56.5 Å². The Kier molecular flexibility index (Phi) is 7.92. The van der Waals surface area contributed by atoms with Crippen LogP contribution in [0.2, 0.25) is 0 Å². The number of likely N-dealkylation sites (N-methyl/N-ethyl adjacent to an activating group) is 1. The van der Waals surface area contributed by atoms with Crippen molar-refractivity contribution in [2.75, 3.05) is 20.3 Å². The summed E-state index contributed by atoms with van der Waals surface area (Å²) in [6.07, 6.45) is 2.73. The summed E-state index contributed by atoms with van der Waals surface area (Å²) in [5.41, 5.74) is 1.81. The molecule has 0 aliphatic carbocycles. The highest BCUT2D eigenvalue weighted by Gasteiger charge is 2.32. The van der Waals surface area contributed by atoms with Crippen LogP contribution < -0.4 is 4.74 Å². The normalized spacial score (nSPS) is 16.3. The molecule has 0 unspecified atom stereocenters. The van der Waals surface area contributed by atoms with Gasteiger partial charge < -0.3 is 9.47 Å². The van der Waals surface area contributed by atoms with Gasteiger partial charge in [-0.25, -0.2) is 9.79 Å². The zero-order valence-electron chi connectivity index (χ0n) is 17.6. The molecule has 1 heterocycles. The molecule has 1 aliphatic rings. The predicted molar refractivity (Wildman–Crippen MR) is 128 cm³/mol. The third-order valence-corrected chi connectivity index (χ3v) is 5.92. The van der Waals surface area contributed by atoms with E-state index in [9.17, 15) is 9.59 Å². The van der Waals surface area contributed by atoms with E-state index in [0.717, 1.165) is 22.2 Å². The number of rotatable bonds is 7. The van der Waals surface area contributed by atoms with E-state index in [4.69, 9.17) is 9.47 Å². The third-order valence-electron chi connectivity index (χ3n) is 4.42. The first-order chi connectivity index (χ1) is 15.0. The molecule has 1 fully saturated rings. The summed E-state index contributed by atoms with van der Waals surface area (Å²) in [6, 6.07) is 12.6. The lowest BCUT2D eigenvalue weighted by Gasteiger charge is -2.12. The number of hydrogen-bond donors (Lipinski definition) is 0. The highest BCUT2D eigenvalue weighted by Crippen LogP contribution is 2.36. The number of benzene rings is 2. The number of methoxy groups -OCH3 is 1. The van der Waals surface area contributed by atoms with E-state index < -0.39 is 5.97 Å². The number of hydrogen-bond acceptors (Lipinski definition) is 6. The highest BCUT2D eigenvalue weighted by molar-refractivity contribution is 9.10. The Morgan fingerprint density at radius 1 is 1.23 bits per heavy atom. The predicted octanol–water partition coefficient (Wildman–Crippen LogP) is 5.65. The molecular formula is C23H23BrN2O4S. The van der Waals surface area contributed by atoms with Crippen molar-refractivity contribution in [2.24, 2.45) is 4.99 Å². The molecule has 0 saturated carbocycles. The van der Waals surface area contributed by atoms with Gasteiger partial charge in [0.05, 0.1) is 29.9 Å². The van der Waals surface area contributed by atoms with E-state index in [2.05, 4.69) is 20.9 Å². The number of amidine groups is 1. The molecule has 3 rings (SSSR count). The number of carbonyl (C=O) groups excluding carboxylic acids is 2. The fourth-order valence-corrected chi connectivity index (χ4v) is 4.35. The van der Waals surface area contributed by atoms with E-state index >= 15 is 0 Å². The molecule has 31 heavy (non-hydrogen) atoms. The van der Waals surface area contributed by atoms with Gasteiger partial charge in [0, 0.05) is 16.6 Å². The van der Waals surface area contributed by atoms with Crippen molar-refractivity contribution in [2.45, 2.75) is 20.3 Å². The first-order valence-corrected chi connectivity index (χ1v) is 11.5. The summed E-state index contributed by atoms with van der Waals surface area (Å²) < 4.78 is 11.5. The molecule has 1 aliphatic heterocycles. The number of nitrogens with zero attached hydrogens (tertiary/aromatic N) is 2. The molecule has 1 amide bonds. The summed E-state index contributed by atoms with van der Waals surface area (Å²) in [7, 11) is 1.34. The Morgan fingerprint density at radius 2 is 2.03 bits per heavy atom. The molecule has 0 spiro atoms. The molecule has 0 N–H and O–H groups in total. The van der Waals surface area contributed by atoms with Crippen LogP contribution in [0.3, 0.4) is 0 Å². The van der Waals surface area contributed by atoms with Gasteiger partial charge >= 0.3 is 5.97 Å². The van der Waals surface area contributed by atoms with E-state index in [1.165, 1.54) is 18.9 Å². The summed E-state index contributed by atoms with van der Waals surface area (Å²) in [5, 5.41) is 0.562. The second-order valence-electron chi connectivity index (χ2n) is 6.63. The molecular weight excluding hydrogens is 480 g/mol. The van der Waals surface area contributed by atoms with Crippen molar-refractivity contribution in [1.29, 1.82) is 0 Å². The molecule has 0 bridgehead atoms. The quantitative estimate of drug-likeness (QED) is 0.361. The first-order valence-electron chi connectivity index (χ1n) is 9.87. The topological polar surface area (TPSA) is 68.2 Å². The second-order valence-corrected chi connectivity index (χ2v) is 8.55. The number of esters is 1. The van der Waals surface area contributed by atoms with Gasteiger partial charge in [0.15, 0.2) is 5.17 Å². The van der Waals surface area contributed by atoms with Crippen molar-refractivity contribution < 1.29 is 19.1 Å². The highest BCUT2D eigenvalue weighted by atomic mass is 79.9. The molecule has 6 nitrogen and oxygen atoms in total. The van der Waals surface area contributed by atoms with Gasteiger partial charge in [-0.1, -0.05) is 28.9 Å². The van der Waals surface area contributed by atoms with Crippen LogP contribution in [0.5, 0.6) is 5.75 Å². The Labute approximate surface area is 194 Å². The summed E-state index contributed by atoms with van der Waals surface area (Å²) in [6.45, 7) is 5.03. The molecule has 1 saturated heterocycles. The number of thioether (sulfide) groups is 1. The number of halogens is 1. The van der Waals surface area contributed by atoms with Crippen LogP contribution in [0.1, 0.15) is 36.2 Å². The fourth-order valence-electron chi connectivity index (χ4n) is 2.92. The number of aliphatic imine (C=N–C) groups is 1. The number of ether oxygens (including phenoxy) is 2. The summed E-state index contributed by atoms with van der Waals surface area (Å²) >= 11 is 4.79. The van der Waals surface area contributed by atoms with Crippen LogP contribution in [0.4, 0.5) is 5.69 Å². The smallest absolute Gasteiger partial charge is 0.337 e. The number of amides is 1. The van der Waals surface area contributed by atoms with Gasteiger partial charge in [-0.2, -0.15) is 0 Å². The van der Waals surface area contributed by atoms with E-state index in [0.29, 0.717) is 34.5 Å². The maximum atomic E-state index is 13.0. The average Bonchev–Trinajstić information content (AvgIpc) is 3.06. The van der Waals surface area contributed by atoms with Crippen molar-refractivity contribution in [3.05, 3.63) is 63.0 Å². The zero-order chi connectivity index (χ0) is 22.4. The van der Waals surface area contributed by atoms with Crippen LogP contribution in [-0.2, 0) is 9.53 Å². The number of carbonyl (C=O) groups is 2. The summed E-state index contributed by atoms with van der Waals surface area (Å²) in [5.74, 6) is 0.182. The van der Waals surface area contributed by atoms with Crippen LogP contribution >= 0.6 is 27.7 Å². The maximum absolute atomic E-state index is 13.0. The van der Waals surface area contributed by atoms with Gasteiger partial charge in [0.2, 0.25) is 0 Å². The fraction of sp³-hybridized carbons (Fsp3) is 0.261. The molecule has 2 aromatic carbocycles. The SMILES string of the molecule is CCCOc1ccc(Br)cc1C=C1SC(=Nc2cccc(C(=O)OC)c2)N(CC)C1=O. The standard InChI is InChI=1S/C23H23BrN2O4S/c1-4-11-30-19-10-9-17(24)12-16(19)14-20-21(27)26(5-2)23(31-20)25-18-8-6-7-15(13-18)22(28)29-3/h6-10,12-14H,4-5,11H2,1-3H3. The monoisotopic (exact) mass is 502 g/mol. The van der Waals surface area contributed by atoms with Crippen LogP contribution in [0.15, 0.2) is 56.8 Å². The van der Waals surface area contributed by atoms with E-state index in [1.807, 2.05) is 38.1 Å². The third kappa shape index (κ3) is 5.57. The molecule has 2 aromatic rings. The van der Waals surface area contributed by atoms with Gasteiger partial charge in [-0.3, -0.25) is 9.69 Å². The van der Waals surface area contributed by atoms with Crippen molar-refractivity contribution in [1.82, 2.24) is 4.90 Å². The Balaban J connectivity index is 1.95. The molecule has 0 radical (unpaired) electrons. The van der Waals surface area contributed by atoms with Crippen LogP contribution in [-0.4, -0.2) is 42.2 Å². The van der Waals surface area contributed by atoms with E-state index in [1.54, 1.807) is 29.2 Å².